The van der Waals surface area contributed by atoms with Gasteiger partial charge in [0.05, 0.1) is 13.2 Å². The molecular weight excluding hydrogens is 379 g/mol. The van der Waals surface area contributed by atoms with Crippen LogP contribution < -0.4 is 10.1 Å². The summed E-state index contributed by atoms with van der Waals surface area (Å²) in [5, 5.41) is 3.21. The maximum Gasteiger partial charge on any atom is 0.223 e. The summed E-state index contributed by atoms with van der Waals surface area (Å²) in [5.74, 6) is 1.07. The van der Waals surface area contributed by atoms with Crippen molar-refractivity contribution in [1.82, 2.24) is 10.2 Å². The highest BCUT2D eigenvalue weighted by molar-refractivity contribution is 5.79. The molecule has 1 saturated heterocycles. The van der Waals surface area contributed by atoms with Crippen LogP contribution in [0.2, 0.25) is 0 Å². The molecule has 0 bridgehead atoms. The highest BCUT2D eigenvalue weighted by Gasteiger charge is 2.27. The Morgan fingerprint density at radius 1 is 1.13 bits per heavy atom. The number of hydrogen-bond acceptors (Lipinski definition) is 3. The molecule has 162 valence electrons. The van der Waals surface area contributed by atoms with Crippen LogP contribution in [-0.4, -0.2) is 37.6 Å². The average Bonchev–Trinajstić information content (AvgIpc) is 2.77. The summed E-state index contributed by atoms with van der Waals surface area (Å²) in [5.41, 5.74) is 2.17. The van der Waals surface area contributed by atoms with Gasteiger partial charge in [-0.3, -0.25) is 4.79 Å². The van der Waals surface area contributed by atoms with Gasteiger partial charge in [-0.1, -0.05) is 44.2 Å². The van der Waals surface area contributed by atoms with Gasteiger partial charge in [-0.2, -0.15) is 0 Å². The predicted molar refractivity (Wildman–Crippen MR) is 118 cm³/mol. The lowest BCUT2D eigenvalue weighted by atomic mass is 9.92. The van der Waals surface area contributed by atoms with Gasteiger partial charge in [0.2, 0.25) is 5.91 Å². The van der Waals surface area contributed by atoms with Crippen LogP contribution in [0, 0.1) is 17.7 Å². The zero-order valence-corrected chi connectivity index (χ0v) is 18.2. The van der Waals surface area contributed by atoms with E-state index in [1.165, 1.54) is 17.7 Å². The maximum absolute atomic E-state index is 13.3. The second kappa shape index (κ2) is 10.6. The van der Waals surface area contributed by atoms with E-state index in [0.29, 0.717) is 0 Å². The zero-order chi connectivity index (χ0) is 21.5. The lowest BCUT2D eigenvalue weighted by Gasteiger charge is -2.33. The SMILES string of the molecule is COc1ccccc1CCN1CCC(C(=O)N[C@@H](c2ccc(F)cc2)C(C)C)CC1. The maximum atomic E-state index is 13.3. The van der Waals surface area contributed by atoms with Gasteiger partial charge in [0, 0.05) is 12.5 Å². The first-order valence-corrected chi connectivity index (χ1v) is 10.9. The van der Waals surface area contributed by atoms with E-state index in [0.717, 1.165) is 50.2 Å². The van der Waals surface area contributed by atoms with Gasteiger partial charge < -0.3 is 15.0 Å². The summed E-state index contributed by atoms with van der Waals surface area (Å²) < 4.78 is 18.7. The van der Waals surface area contributed by atoms with E-state index in [-0.39, 0.29) is 29.6 Å². The molecule has 0 saturated carbocycles. The smallest absolute Gasteiger partial charge is 0.223 e. The number of nitrogens with zero attached hydrogens (tertiary/aromatic N) is 1. The highest BCUT2D eigenvalue weighted by Crippen LogP contribution is 2.25. The molecule has 4 nitrogen and oxygen atoms in total. The molecule has 0 radical (unpaired) electrons. The molecule has 0 aromatic heterocycles. The van der Waals surface area contributed by atoms with Gasteiger partial charge in [-0.25, -0.2) is 4.39 Å². The quantitative estimate of drug-likeness (QED) is 0.689. The molecule has 0 spiro atoms. The number of amides is 1. The molecule has 1 N–H and O–H groups in total. The Balaban J connectivity index is 1.50. The van der Waals surface area contributed by atoms with Crippen molar-refractivity contribution in [1.29, 1.82) is 0 Å². The van der Waals surface area contributed by atoms with Crippen LogP contribution in [0.1, 0.15) is 43.9 Å². The lowest BCUT2D eigenvalue weighted by Crippen LogP contribution is -2.42. The van der Waals surface area contributed by atoms with Gasteiger partial charge in [-0.15, -0.1) is 0 Å². The van der Waals surface area contributed by atoms with Crippen LogP contribution in [0.4, 0.5) is 4.39 Å². The third-order valence-electron chi connectivity index (χ3n) is 6.04. The third kappa shape index (κ3) is 5.82. The number of ether oxygens (including phenoxy) is 1. The van der Waals surface area contributed by atoms with E-state index in [1.807, 2.05) is 18.2 Å². The largest absolute Gasteiger partial charge is 0.496 e. The molecule has 0 aliphatic carbocycles. The fourth-order valence-corrected chi connectivity index (χ4v) is 4.18. The van der Waals surface area contributed by atoms with Gasteiger partial charge in [0.25, 0.3) is 0 Å². The fraction of sp³-hybridized carbons (Fsp3) is 0.480. The van der Waals surface area contributed by atoms with Crippen molar-refractivity contribution in [3.05, 3.63) is 65.5 Å². The number of hydrogen-bond donors (Lipinski definition) is 1. The number of benzene rings is 2. The van der Waals surface area contributed by atoms with Crippen molar-refractivity contribution in [2.45, 2.75) is 39.2 Å². The van der Waals surface area contributed by atoms with Gasteiger partial charge >= 0.3 is 0 Å². The van der Waals surface area contributed by atoms with E-state index in [2.05, 4.69) is 30.1 Å². The van der Waals surface area contributed by atoms with Crippen molar-refractivity contribution in [3.8, 4) is 5.75 Å². The van der Waals surface area contributed by atoms with Gasteiger partial charge in [0.1, 0.15) is 11.6 Å². The van der Waals surface area contributed by atoms with E-state index in [4.69, 9.17) is 4.74 Å². The summed E-state index contributed by atoms with van der Waals surface area (Å²) in [7, 11) is 1.71. The Morgan fingerprint density at radius 2 is 1.80 bits per heavy atom. The number of likely N-dealkylation sites (tertiary alicyclic amines) is 1. The molecule has 1 atom stereocenters. The van der Waals surface area contributed by atoms with Crippen LogP contribution in [-0.2, 0) is 11.2 Å². The van der Waals surface area contributed by atoms with Crippen molar-refractivity contribution >= 4 is 5.91 Å². The number of carbonyl (C=O) groups is 1. The number of nitrogens with one attached hydrogen (secondary N) is 1. The summed E-state index contributed by atoms with van der Waals surface area (Å²) in [6.07, 6.45) is 2.68. The topological polar surface area (TPSA) is 41.6 Å². The minimum atomic E-state index is -0.256. The Kier molecular flexibility index (Phi) is 7.86. The highest BCUT2D eigenvalue weighted by atomic mass is 19.1. The van der Waals surface area contributed by atoms with Crippen molar-refractivity contribution < 1.29 is 13.9 Å². The molecular formula is C25H33FN2O2. The van der Waals surface area contributed by atoms with E-state index >= 15 is 0 Å². The molecule has 1 aliphatic rings. The first-order valence-electron chi connectivity index (χ1n) is 10.9. The number of rotatable bonds is 8. The number of carbonyl (C=O) groups excluding carboxylic acids is 1. The summed E-state index contributed by atoms with van der Waals surface area (Å²) in [4.78, 5) is 15.3. The van der Waals surface area contributed by atoms with E-state index in [9.17, 15) is 9.18 Å². The minimum Gasteiger partial charge on any atom is -0.496 e. The Labute approximate surface area is 179 Å². The molecule has 0 unspecified atom stereocenters. The number of methoxy groups -OCH3 is 1. The summed E-state index contributed by atoms with van der Waals surface area (Å²) >= 11 is 0. The van der Waals surface area contributed by atoms with Gasteiger partial charge in [0.15, 0.2) is 0 Å². The lowest BCUT2D eigenvalue weighted by molar-refractivity contribution is -0.127. The first-order chi connectivity index (χ1) is 14.5. The van der Waals surface area contributed by atoms with Crippen molar-refractivity contribution in [2.24, 2.45) is 11.8 Å². The molecule has 2 aromatic rings. The average molecular weight is 413 g/mol. The minimum absolute atomic E-state index is 0.0363. The van der Waals surface area contributed by atoms with Crippen LogP contribution >= 0.6 is 0 Å². The Bertz CT molecular complexity index is 814. The molecule has 3 rings (SSSR count). The summed E-state index contributed by atoms with van der Waals surface area (Å²) in [6.45, 7) is 6.98. The second-order valence-corrected chi connectivity index (χ2v) is 8.46. The van der Waals surface area contributed by atoms with Crippen LogP contribution in [0.5, 0.6) is 5.75 Å². The zero-order valence-electron chi connectivity index (χ0n) is 18.2. The van der Waals surface area contributed by atoms with E-state index in [1.54, 1.807) is 19.2 Å². The van der Waals surface area contributed by atoms with Crippen LogP contribution in [0.3, 0.4) is 0 Å². The van der Waals surface area contributed by atoms with Crippen LogP contribution in [0.25, 0.3) is 0 Å². The second-order valence-electron chi connectivity index (χ2n) is 8.46. The third-order valence-corrected chi connectivity index (χ3v) is 6.04. The van der Waals surface area contributed by atoms with Crippen molar-refractivity contribution in [2.75, 3.05) is 26.7 Å². The number of halogens is 1. The Hall–Kier alpha value is -2.40. The molecule has 1 fully saturated rings. The molecule has 5 heteroatoms. The molecule has 1 amide bonds. The Morgan fingerprint density at radius 3 is 2.43 bits per heavy atom. The number of piperidine rings is 1. The predicted octanol–water partition coefficient (Wildman–Crippen LogP) is 4.60. The monoisotopic (exact) mass is 412 g/mol. The molecule has 2 aromatic carbocycles. The van der Waals surface area contributed by atoms with Crippen molar-refractivity contribution in [3.63, 3.8) is 0 Å². The first kappa shape index (κ1) is 22.3. The van der Waals surface area contributed by atoms with E-state index < -0.39 is 0 Å². The normalized spacial score (nSPS) is 16.4. The molecule has 1 aliphatic heterocycles. The summed E-state index contributed by atoms with van der Waals surface area (Å²) in [6, 6.07) is 14.5. The fourth-order valence-electron chi connectivity index (χ4n) is 4.18. The standard InChI is InChI=1S/C25H33FN2O2/c1-18(2)24(20-8-10-22(26)11-9-20)27-25(29)21-13-16-28(17-14-21)15-12-19-6-4-5-7-23(19)30-3/h4-11,18,21,24H,12-17H2,1-3H3,(H,27,29)/t24-/m1/s1. The number of para-hydroxylation sites is 1. The molecule has 1 heterocycles. The van der Waals surface area contributed by atoms with Gasteiger partial charge in [-0.05, 0) is 67.6 Å². The molecule has 30 heavy (non-hydrogen) atoms. The van der Waals surface area contributed by atoms with Crippen LogP contribution in [0.15, 0.2) is 48.5 Å².